The molecule has 0 atom stereocenters. The highest BCUT2D eigenvalue weighted by Gasteiger charge is 2.27. The molecular weight excluding hydrogens is 298 g/mol. The number of halogens is 1. The van der Waals surface area contributed by atoms with Crippen molar-refractivity contribution < 1.29 is 14.7 Å². The Kier molecular flexibility index (Phi) is 6.36. The van der Waals surface area contributed by atoms with Gasteiger partial charge in [0.25, 0.3) is 0 Å². The van der Waals surface area contributed by atoms with Crippen molar-refractivity contribution in [2.45, 2.75) is 19.6 Å². The number of carbonyl (C=O) groups excluding carboxylic acids is 1. The van der Waals surface area contributed by atoms with Crippen molar-refractivity contribution in [1.29, 1.82) is 0 Å². The van der Waals surface area contributed by atoms with Crippen LogP contribution in [0.5, 0.6) is 0 Å². The van der Waals surface area contributed by atoms with Crippen LogP contribution in [0.25, 0.3) is 0 Å². The molecule has 0 saturated carbocycles. The molecule has 0 fully saturated rings. The first-order chi connectivity index (χ1) is 9.31. The lowest BCUT2D eigenvalue weighted by molar-refractivity contribution is -0.146. The average Bonchev–Trinajstić information content (AvgIpc) is 2.39. The molecule has 20 heavy (non-hydrogen) atoms. The van der Waals surface area contributed by atoms with E-state index in [1.807, 2.05) is 24.3 Å². The van der Waals surface area contributed by atoms with Crippen molar-refractivity contribution in [1.82, 2.24) is 5.32 Å². The first-order valence-corrected chi connectivity index (χ1v) is 7.67. The van der Waals surface area contributed by atoms with E-state index in [2.05, 4.69) is 5.32 Å². The van der Waals surface area contributed by atoms with Crippen LogP contribution >= 0.6 is 23.4 Å². The average molecular weight is 316 g/mol. The summed E-state index contributed by atoms with van der Waals surface area (Å²) in [6, 6.07) is 7.46. The number of hydrogen-bond acceptors (Lipinski definition) is 3. The van der Waals surface area contributed by atoms with Gasteiger partial charge in [-0.05, 0) is 31.5 Å². The zero-order chi connectivity index (χ0) is 15.2. The van der Waals surface area contributed by atoms with Gasteiger partial charge in [-0.1, -0.05) is 23.7 Å². The molecule has 0 spiro atoms. The third-order valence-electron chi connectivity index (χ3n) is 2.72. The molecule has 0 aliphatic heterocycles. The molecule has 1 aromatic carbocycles. The minimum atomic E-state index is -0.948. The van der Waals surface area contributed by atoms with Gasteiger partial charge in [-0.3, -0.25) is 9.59 Å². The third kappa shape index (κ3) is 5.84. The van der Waals surface area contributed by atoms with Crippen LogP contribution in [0.15, 0.2) is 24.3 Å². The molecule has 1 amide bonds. The Labute approximate surface area is 127 Å². The number of hydrogen-bond donors (Lipinski definition) is 2. The Morgan fingerprint density at radius 3 is 2.45 bits per heavy atom. The second-order valence-corrected chi connectivity index (χ2v) is 6.51. The molecule has 0 aromatic heterocycles. The molecule has 1 rings (SSSR count). The number of carboxylic acids is 1. The van der Waals surface area contributed by atoms with Gasteiger partial charge in [0, 0.05) is 17.3 Å². The number of thioether (sulfide) groups is 1. The summed E-state index contributed by atoms with van der Waals surface area (Å²) >= 11 is 7.26. The van der Waals surface area contributed by atoms with Crippen molar-refractivity contribution in [3.63, 3.8) is 0 Å². The number of aliphatic carboxylic acids is 1. The number of carboxylic acid groups (broad SMARTS) is 1. The maximum absolute atomic E-state index is 11.6. The Hall–Kier alpha value is -1.20. The number of rotatable bonds is 7. The molecule has 0 aliphatic carbocycles. The predicted octanol–water partition coefficient (Wildman–Crippen LogP) is 2.80. The van der Waals surface area contributed by atoms with E-state index in [-0.39, 0.29) is 12.5 Å². The molecule has 0 unspecified atom stereocenters. The monoisotopic (exact) mass is 315 g/mol. The van der Waals surface area contributed by atoms with Gasteiger partial charge in [-0.25, -0.2) is 0 Å². The van der Waals surface area contributed by atoms with Crippen LogP contribution in [-0.4, -0.2) is 29.3 Å². The molecule has 0 aliphatic rings. The fourth-order valence-electron chi connectivity index (χ4n) is 1.29. The standard InChI is InChI=1S/C14H18ClNO3S/c1-14(2,13(18)19)9-16-12(17)8-20-7-10-3-5-11(15)6-4-10/h3-6H,7-9H2,1-2H3,(H,16,17)(H,18,19). The second kappa shape index (κ2) is 7.55. The van der Waals surface area contributed by atoms with Crippen molar-refractivity contribution in [2.24, 2.45) is 5.41 Å². The van der Waals surface area contributed by atoms with Gasteiger partial charge in [0.05, 0.1) is 11.2 Å². The van der Waals surface area contributed by atoms with Crippen LogP contribution in [0.1, 0.15) is 19.4 Å². The molecule has 6 heteroatoms. The molecule has 0 heterocycles. The molecule has 0 saturated heterocycles. The summed E-state index contributed by atoms with van der Waals surface area (Å²) in [7, 11) is 0. The summed E-state index contributed by atoms with van der Waals surface area (Å²) in [6.07, 6.45) is 0. The SMILES string of the molecule is CC(C)(CNC(=O)CSCc1ccc(Cl)cc1)C(=O)O. The van der Waals surface area contributed by atoms with Crippen LogP contribution in [0.3, 0.4) is 0 Å². The van der Waals surface area contributed by atoms with Crippen molar-refractivity contribution in [3.8, 4) is 0 Å². The summed E-state index contributed by atoms with van der Waals surface area (Å²) < 4.78 is 0. The predicted molar refractivity (Wildman–Crippen MR) is 82.0 cm³/mol. The normalized spacial score (nSPS) is 11.2. The highest BCUT2D eigenvalue weighted by molar-refractivity contribution is 7.99. The van der Waals surface area contributed by atoms with E-state index in [0.29, 0.717) is 16.5 Å². The van der Waals surface area contributed by atoms with Gasteiger partial charge in [0.15, 0.2) is 0 Å². The molecule has 1 aromatic rings. The molecule has 0 bridgehead atoms. The lowest BCUT2D eigenvalue weighted by atomic mass is 9.94. The Morgan fingerprint density at radius 2 is 1.90 bits per heavy atom. The Balaban J connectivity index is 2.27. The maximum atomic E-state index is 11.6. The van der Waals surface area contributed by atoms with Crippen LogP contribution < -0.4 is 5.32 Å². The first-order valence-electron chi connectivity index (χ1n) is 6.13. The molecule has 110 valence electrons. The Bertz CT molecular complexity index is 474. The molecule has 2 N–H and O–H groups in total. The number of amides is 1. The number of carbonyl (C=O) groups is 2. The first kappa shape index (κ1) is 16.9. The van der Waals surface area contributed by atoms with E-state index < -0.39 is 11.4 Å². The van der Waals surface area contributed by atoms with Gasteiger partial charge >= 0.3 is 5.97 Å². The van der Waals surface area contributed by atoms with E-state index in [0.717, 1.165) is 5.56 Å². The fraction of sp³-hybridized carbons (Fsp3) is 0.429. The van der Waals surface area contributed by atoms with Crippen molar-refractivity contribution >= 4 is 35.2 Å². The van der Waals surface area contributed by atoms with Gasteiger partial charge in [0.2, 0.25) is 5.91 Å². The van der Waals surface area contributed by atoms with Crippen LogP contribution in [0.4, 0.5) is 0 Å². The molecular formula is C14H18ClNO3S. The molecule has 0 radical (unpaired) electrons. The minimum absolute atomic E-state index is 0.128. The lowest BCUT2D eigenvalue weighted by Gasteiger charge is -2.19. The van der Waals surface area contributed by atoms with E-state index >= 15 is 0 Å². The summed E-state index contributed by atoms with van der Waals surface area (Å²) in [4.78, 5) is 22.5. The van der Waals surface area contributed by atoms with Gasteiger partial charge in [-0.2, -0.15) is 0 Å². The highest BCUT2D eigenvalue weighted by Crippen LogP contribution is 2.16. The van der Waals surface area contributed by atoms with Crippen molar-refractivity contribution in [3.05, 3.63) is 34.9 Å². The third-order valence-corrected chi connectivity index (χ3v) is 3.98. The van der Waals surface area contributed by atoms with E-state index in [1.54, 1.807) is 13.8 Å². The minimum Gasteiger partial charge on any atom is -0.481 e. The lowest BCUT2D eigenvalue weighted by Crippen LogP contribution is -2.39. The summed E-state index contributed by atoms with van der Waals surface area (Å²) in [6.45, 7) is 3.29. The number of benzene rings is 1. The highest BCUT2D eigenvalue weighted by atomic mass is 35.5. The number of nitrogens with one attached hydrogen (secondary N) is 1. The van der Waals surface area contributed by atoms with Crippen LogP contribution in [0, 0.1) is 5.41 Å². The summed E-state index contributed by atoms with van der Waals surface area (Å²) in [5, 5.41) is 12.3. The van der Waals surface area contributed by atoms with E-state index in [4.69, 9.17) is 16.7 Å². The van der Waals surface area contributed by atoms with Gasteiger partial charge < -0.3 is 10.4 Å². The zero-order valence-corrected chi connectivity index (χ0v) is 13.1. The second-order valence-electron chi connectivity index (χ2n) is 5.09. The van der Waals surface area contributed by atoms with Crippen LogP contribution in [-0.2, 0) is 15.3 Å². The van der Waals surface area contributed by atoms with Gasteiger partial charge in [0.1, 0.15) is 0 Å². The topological polar surface area (TPSA) is 66.4 Å². The quantitative estimate of drug-likeness (QED) is 0.812. The van der Waals surface area contributed by atoms with E-state index in [9.17, 15) is 9.59 Å². The molecule has 4 nitrogen and oxygen atoms in total. The largest absolute Gasteiger partial charge is 0.481 e. The summed E-state index contributed by atoms with van der Waals surface area (Å²) in [5.41, 5.74) is 0.148. The van der Waals surface area contributed by atoms with Crippen molar-refractivity contribution in [2.75, 3.05) is 12.3 Å². The summed E-state index contributed by atoms with van der Waals surface area (Å²) in [5.74, 6) is -0.0597. The fourth-order valence-corrected chi connectivity index (χ4v) is 2.23. The Morgan fingerprint density at radius 1 is 1.30 bits per heavy atom. The maximum Gasteiger partial charge on any atom is 0.310 e. The van der Waals surface area contributed by atoms with Gasteiger partial charge in [-0.15, -0.1) is 11.8 Å². The van der Waals surface area contributed by atoms with E-state index in [1.165, 1.54) is 11.8 Å². The zero-order valence-electron chi connectivity index (χ0n) is 11.5. The smallest absolute Gasteiger partial charge is 0.310 e. The van der Waals surface area contributed by atoms with Crippen LogP contribution in [0.2, 0.25) is 5.02 Å².